The summed E-state index contributed by atoms with van der Waals surface area (Å²) in [6.45, 7) is 0.501. The van der Waals surface area contributed by atoms with Crippen molar-refractivity contribution in [3.05, 3.63) is 0 Å². The second-order valence-corrected chi connectivity index (χ2v) is 3.99. The van der Waals surface area contributed by atoms with Gasteiger partial charge >= 0.3 is 5.97 Å². The summed E-state index contributed by atoms with van der Waals surface area (Å²) in [6.07, 6.45) is -0.673. The van der Waals surface area contributed by atoms with Gasteiger partial charge < -0.3 is 26.0 Å². The van der Waals surface area contributed by atoms with Crippen LogP contribution < -0.4 is 11.1 Å². The van der Waals surface area contributed by atoms with Crippen molar-refractivity contribution >= 4 is 11.9 Å². The molecular formula is C10H18N2O5. The second-order valence-electron chi connectivity index (χ2n) is 3.99. The van der Waals surface area contributed by atoms with Crippen LogP contribution in [0, 0.1) is 0 Å². The van der Waals surface area contributed by atoms with Crippen molar-refractivity contribution < 1.29 is 24.5 Å². The summed E-state index contributed by atoms with van der Waals surface area (Å²) < 4.78 is 5.36. The minimum absolute atomic E-state index is 0.0197. The Morgan fingerprint density at radius 1 is 1.47 bits per heavy atom. The monoisotopic (exact) mass is 246 g/mol. The molecule has 1 rings (SSSR count). The quantitative estimate of drug-likeness (QED) is 0.450. The van der Waals surface area contributed by atoms with E-state index in [-0.39, 0.29) is 25.0 Å². The maximum Gasteiger partial charge on any atom is 0.332 e. The summed E-state index contributed by atoms with van der Waals surface area (Å²) in [7, 11) is 0. The van der Waals surface area contributed by atoms with Gasteiger partial charge in [0.25, 0.3) is 0 Å². The molecule has 1 fully saturated rings. The van der Waals surface area contributed by atoms with Crippen molar-refractivity contribution in [2.24, 2.45) is 5.73 Å². The molecule has 0 bridgehead atoms. The van der Waals surface area contributed by atoms with E-state index in [9.17, 15) is 9.59 Å². The highest BCUT2D eigenvalue weighted by Crippen LogP contribution is 2.18. The Hall–Kier alpha value is -1.18. The van der Waals surface area contributed by atoms with Crippen molar-refractivity contribution in [1.82, 2.24) is 5.32 Å². The first-order chi connectivity index (χ1) is 8.04. The Morgan fingerprint density at radius 3 is 2.71 bits per heavy atom. The smallest absolute Gasteiger partial charge is 0.332 e. The van der Waals surface area contributed by atoms with Crippen LogP contribution in [-0.2, 0) is 14.3 Å². The number of aliphatic hydroxyl groups excluding tert-OH is 1. The molecule has 2 unspecified atom stereocenters. The van der Waals surface area contributed by atoms with Crippen molar-refractivity contribution in [1.29, 1.82) is 0 Å². The number of ether oxygens (including phenoxy) is 1. The molecular weight excluding hydrogens is 228 g/mol. The van der Waals surface area contributed by atoms with Crippen molar-refractivity contribution in [2.45, 2.75) is 37.6 Å². The summed E-state index contributed by atoms with van der Waals surface area (Å²) in [4.78, 5) is 21.9. The van der Waals surface area contributed by atoms with Gasteiger partial charge in [0.05, 0.1) is 6.10 Å². The van der Waals surface area contributed by atoms with Crippen LogP contribution in [0.1, 0.15) is 19.3 Å². The van der Waals surface area contributed by atoms with Crippen molar-refractivity contribution in [2.75, 3.05) is 13.1 Å². The lowest BCUT2D eigenvalue weighted by molar-refractivity contribution is -0.147. The lowest BCUT2D eigenvalue weighted by Crippen LogP contribution is -2.37. The van der Waals surface area contributed by atoms with Gasteiger partial charge in [0.1, 0.15) is 6.10 Å². The number of carbonyl (C=O) groups is 2. The maximum atomic E-state index is 11.6. The SMILES string of the molecule is NCC1CCC(C(=O)NCC[C@H](O)C(=O)O)O1. The van der Waals surface area contributed by atoms with E-state index in [4.69, 9.17) is 20.7 Å². The lowest BCUT2D eigenvalue weighted by Gasteiger charge is -2.13. The van der Waals surface area contributed by atoms with E-state index in [2.05, 4.69) is 5.32 Å². The van der Waals surface area contributed by atoms with Crippen molar-refractivity contribution in [3.63, 3.8) is 0 Å². The van der Waals surface area contributed by atoms with Crippen LogP contribution in [-0.4, -0.2) is 53.5 Å². The molecule has 0 aromatic rings. The van der Waals surface area contributed by atoms with Gasteiger partial charge in [0.15, 0.2) is 6.10 Å². The standard InChI is InChI=1S/C10H18N2O5/c11-5-6-1-2-8(17-6)9(14)12-4-3-7(13)10(15)16/h6-8,13H,1-5,11H2,(H,12,14)(H,15,16)/t6?,7-,8?/m0/s1. The number of hydrogen-bond donors (Lipinski definition) is 4. The highest BCUT2D eigenvalue weighted by Gasteiger charge is 2.29. The summed E-state index contributed by atoms with van der Waals surface area (Å²) in [5.74, 6) is -1.57. The number of hydrogen-bond acceptors (Lipinski definition) is 5. The van der Waals surface area contributed by atoms with Gasteiger partial charge in [-0.05, 0) is 12.8 Å². The number of nitrogens with one attached hydrogen (secondary N) is 1. The molecule has 17 heavy (non-hydrogen) atoms. The topological polar surface area (TPSA) is 122 Å². The number of carboxylic acids is 1. The molecule has 7 nitrogen and oxygen atoms in total. The summed E-state index contributed by atoms with van der Waals surface area (Å²) in [6, 6.07) is 0. The third-order valence-electron chi connectivity index (χ3n) is 2.66. The van der Waals surface area contributed by atoms with Crippen LogP contribution in [0.15, 0.2) is 0 Å². The Kier molecular flexibility index (Phi) is 5.33. The average molecular weight is 246 g/mol. The fourth-order valence-electron chi connectivity index (χ4n) is 1.64. The Morgan fingerprint density at radius 2 is 2.18 bits per heavy atom. The lowest BCUT2D eigenvalue weighted by atomic mass is 10.2. The van der Waals surface area contributed by atoms with Crippen LogP contribution in [0.25, 0.3) is 0 Å². The first kappa shape index (κ1) is 13.9. The molecule has 3 atom stereocenters. The fraction of sp³-hybridized carbons (Fsp3) is 0.800. The predicted octanol–water partition coefficient (Wildman–Crippen LogP) is -1.56. The summed E-state index contributed by atoms with van der Waals surface area (Å²) in [5.41, 5.74) is 5.41. The minimum Gasteiger partial charge on any atom is -0.479 e. The molecule has 5 N–H and O–H groups in total. The highest BCUT2D eigenvalue weighted by atomic mass is 16.5. The van der Waals surface area contributed by atoms with E-state index in [1.54, 1.807) is 0 Å². The fourth-order valence-corrected chi connectivity index (χ4v) is 1.64. The second kappa shape index (κ2) is 6.53. The molecule has 0 saturated carbocycles. The molecule has 1 aliphatic rings. The number of aliphatic hydroxyl groups is 1. The van der Waals surface area contributed by atoms with Gasteiger partial charge in [-0.15, -0.1) is 0 Å². The number of carboxylic acid groups (broad SMARTS) is 1. The molecule has 1 saturated heterocycles. The highest BCUT2D eigenvalue weighted by molar-refractivity contribution is 5.81. The van der Waals surface area contributed by atoms with Gasteiger partial charge in [-0.1, -0.05) is 0 Å². The van der Waals surface area contributed by atoms with Gasteiger partial charge in [-0.25, -0.2) is 4.79 Å². The molecule has 0 radical (unpaired) electrons. The van der Waals surface area contributed by atoms with E-state index >= 15 is 0 Å². The van der Waals surface area contributed by atoms with E-state index in [1.165, 1.54) is 0 Å². The van der Waals surface area contributed by atoms with E-state index in [0.29, 0.717) is 13.0 Å². The number of carbonyl (C=O) groups excluding carboxylic acids is 1. The number of nitrogens with two attached hydrogens (primary N) is 1. The molecule has 1 aliphatic heterocycles. The van der Waals surface area contributed by atoms with Crippen molar-refractivity contribution in [3.8, 4) is 0 Å². The Labute approximate surface area is 98.9 Å². The number of aliphatic carboxylic acids is 1. The van der Waals surface area contributed by atoms with Gasteiger partial charge in [0.2, 0.25) is 5.91 Å². The van der Waals surface area contributed by atoms with Gasteiger partial charge in [0, 0.05) is 19.5 Å². The zero-order chi connectivity index (χ0) is 12.8. The minimum atomic E-state index is -1.45. The van der Waals surface area contributed by atoms with E-state index < -0.39 is 18.2 Å². The third kappa shape index (κ3) is 4.29. The Balaban J connectivity index is 2.20. The van der Waals surface area contributed by atoms with E-state index in [0.717, 1.165) is 6.42 Å². The Bertz CT molecular complexity index is 284. The zero-order valence-corrected chi connectivity index (χ0v) is 9.46. The third-order valence-corrected chi connectivity index (χ3v) is 2.66. The first-order valence-corrected chi connectivity index (χ1v) is 5.58. The first-order valence-electron chi connectivity index (χ1n) is 5.58. The maximum absolute atomic E-state index is 11.6. The zero-order valence-electron chi connectivity index (χ0n) is 9.46. The molecule has 98 valence electrons. The van der Waals surface area contributed by atoms with Gasteiger partial charge in [-0.3, -0.25) is 4.79 Å². The molecule has 7 heteroatoms. The van der Waals surface area contributed by atoms with Crippen LogP contribution >= 0.6 is 0 Å². The van der Waals surface area contributed by atoms with Crippen LogP contribution in [0.4, 0.5) is 0 Å². The molecule has 0 aromatic heterocycles. The molecule has 1 amide bonds. The summed E-state index contributed by atoms with van der Waals surface area (Å²) in [5, 5.41) is 19.9. The largest absolute Gasteiger partial charge is 0.479 e. The summed E-state index contributed by atoms with van der Waals surface area (Å²) >= 11 is 0. The average Bonchev–Trinajstić information content (AvgIpc) is 2.77. The molecule has 0 aromatic carbocycles. The van der Waals surface area contributed by atoms with Crippen LogP contribution in [0.5, 0.6) is 0 Å². The van der Waals surface area contributed by atoms with Crippen LogP contribution in [0.2, 0.25) is 0 Å². The molecule has 0 aliphatic carbocycles. The van der Waals surface area contributed by atoms with Gasteiger partial charge in [-0.2, -0.15) is 0 Å². The normalized spacial score (nSPS) is 25.5. The molecule has 1 heterocycles. The predicted molar refractivity (Wildman–Crippen MR) is 58.2 cm³/mol. The molecule has 0 spiro atoms. The number of amides is 1. The number of rotatable bonds is 6. The van der Waals surface area contributed by atoms with E-state index in [1.807, 2.05) is 0 Å². The van der Waals surface area contributed by atoms with Crippen LogP contribution in [0.3, 0.4) is 0 Å².